The predicted octanol–water partition coefficient (Wildman–Crippen LogP) is 2.22. The molecule has 1 N–H and O–H groups in total. The van der Waals surface area contributed by atoms with Gasteiger partial charge < -0.3 is 10.2 Å². The quantitative estimate of drug-likeness (QED) is 0.880. The highest BCUT2D eigenvalue weighted by Crippen LogP contribution is 2.10. The average molecular weight is 260 g/mol. The van der Waals surface area contributed by atoms with E-state index in [4.69, 9.17) is 0 Å². The van der Waals surface area contributed by atoms with Crippen LogP contribution in [-0.2, 0) is 11.2 Å². The van der Waals surface area contributed by atoms with Gasteiger partial charge in [-0.15, -0.1) is 0 Å². The number of amides is 1. The first-order valence-corrected chi connectivity index (χ1v) is 7.33. The van der Waals surface area contributed by atoms with Gasteiger partial charge in [0.25, 0.3) is 0 Å². The summed E-state index contributed by atoms with van der Waals surface area (Å²) in [7, 11) is 0. The largest absolute Gasteiger partial charge is 0.341 e. The maximum Gasteiger partial charge on any atom is 0.239 e. The maximum atomic E-state index is 12.2. The summed E-state index contributed by atoms with van der Waals surface area (Å²) in [5.74, 6) is 0.257. The highest BCUT2D eigenvalue weighted by atomic mass is 16.2. The third-order valence-electron chi connectivity index (χ3n) is 3.75. The van der Waals surface area contributed by atoms with Gasteiger partial charge in [0, 0.05) is 13.1 Å². The molecule has 3 heteroatoms. The molecule has 1 saturated heterocycles. The van der Waals surface area contributed by atoms with Gasteiger partial charge in [0.1, 0.15) is 0 Å². The number of rotatable bonds is 5. The monoisotopic (exact) mass is 260 g/mol. The minimum atomic E-state index is -0.0678. The number of likely N-dealkylation sites (tertiary alicyclic amines) is 1. The average Bonchev–Trinajstić information content (AvgIpc) is 2.48. The maximum absolute atomic E-state index is 12.2. The second-order valence-electron chi connectivity index (χ2n) is 5.30. The van der Waals surface area contributed by atoms with Crippen molar-refractivity contribution in [2.24, 2.45) is 0 Å². The molecule has 2 rings (SSSR count). The Morgan fingerprint density at radius 3 is 2.58 bits per heavy atom. The Bertz CT molecular complexity index is 385. The molecule has 1 heterocycles. The van der Waals surface area contributed by atoms with Gasteiger partial charge in [-0.1, -0.05) is 30.3 Å². The molecule has 0 bridgehead atoms. The first kappa shape index (κ1) is 14.1. The van der Waals surface area contributed by atoms with E-state index in [1.165, 1.54) is 12.0 Å². The molecular weight excluding hydrogens is 236 g/mol. The van der Waals surface area contributed by atoms with Gasteiger partial charge in [-0.25, -0.2) is 0 Å². The van der Waals surface area contributed by atoms with Gasteiger partial charge in [-0.05, 0) is 44.7 Å². The third kappa shape index (κ3) is 4.35. The van der Waals surface area contributed by atoms with Crippen LogP contribution in [0, 0.1) is 0 Å². The predicted molar refractivity (Wildman–Crippen MR) is 78.0 cm³/mol. The topological polar surface area (TPSA) is 32.3 Å². The molecule has 1 aromatic carbocycles. The number of nitrogens with one attached hydrogen (secondary N) is 1. The SMILES string of the molecule is CC(NCCc1ccccc1)C(=O)N1CCCCC1. The van der Waals surface area contributed by atoms with Gasteiger partial charge >= 0.3 is 0 Å². The molecule has 1 aliphatic rings. The Hall–Kier alpha value is -1.35. The minimum absolute atomic E-state index is 0.0678. The summed E-state index contributed by atoms with van der Waals surface area (Å²) in [6.45, 7) is 4.69. The molecule has 0 saturated carbocycles. The van der Waals surface area contributed by atoms with E-state index < -0.39 is 0 Å². The van der Waals surface area contributed by atoms with Crippen molar-refractivity contribution in [3.8, 4) is 0 Å². The molecule has 1 amide bonds. The molecule has 0 aliphatic carbocycles. The molecule has 1 fully saturated rings. The normalized spacial score (nSPS) is 17.2. The number of piperidine rings is 1. The smallest absolute Gasteiger partial charge is 0.239 e. The highest BCUT2D eigenvalue weighted by molar-refractivity contribution is 5.81. The number of carbonyl (C=O) groups is 1. The van der Waals surface area contributed by atoms with E-state index in [-0.39, 0.29) is 11.9 Å². The summed E-state index contributed by atoms with van der Waals surface area (Å²) in [4.78, 5) is 14.2. The summed E-state index contributed by atoms with van der Waals surface area (Å²) in [5, 5.41) is 3.34. The molecule has 1 atom stereocenters. The van der Waals surface area contributed by atoms with E-state index in [1.807, 2.05) is 17.9 Å². The van der Waals surface area contributed by atoms with Gasteiger partial charge in [-0.2, -0.15) is 0 Å². The second-order valence-corrected chi connectivity index (χ2v) is 5.30. The molecule has 1 aliphatic heterocycles. The standard InChI is InChI=1S/C16H24N2O/c1-14(16(19)18-12-6-3-7-13-18)17-11-10-15-8-4-2-5-9-15/h2,4-5,8-9,14,17H,3,6-7,10-13H2,1H3. The molecular formula is C16H24N2O. The van der Waals surface area contributed by atoms with Gasteiger partial charge in [-0.3, -0.25) is 4.79 Å². The Morgan fingerprint density at radius 2 is 1.89 bits per heavy atom. The van der Waals surface area contributed by atoms with E-state index in [9.17, 15) is 4.79 Å². The molecule has 0 spiro atoms. The van der Waals surface area contributed by atoms with Crippen LogP contribution < -0.4 is 5.32 Å². The molecule has 19 heavy (non-hydrogen) atoms. The van der Waals surface area contributed by atoms with Gasteiger partial charge in [0.05, 0.1) is 6.04 Å². The van der Waals surface area contributed by atoms with Crippen molar-refractivity contribution in [1.82, 2.24) is 10.2 Å². The Balaban J connectivity index is 1.71. The second kappa shape index (κ2) is 7.29. The lowest BCUT2D eigenvalue weighted by Gasteiger charge is -2.29. The van der Waals surface area contributed by atoms with Crippen molar-refractivity contribution in [3.05, 3.63) is 35.9 Å². The van der Waals surface area contributed by atoms with Crippen LogP contribution in [0.25, 0.3) is 0 Å². The number of hydrogen-bond acceptors (Lipinski definition) is 2. The fourth-order valence-corrected chi connectivity index (χ4v) is 2.55. The molecule has 0 aromatic heterocycles. The Kier molecular flexibility index (Phi) is 5.40. The lowest BCUT2D eigenvalue weighted by Crippen LogP contribution is -2.47. The lowest BCUT2D eigenvalue weighted by atomic mass is 10.1. The first-order valence-electron chi connectivity index (χ1n) is 7.33. The van der Waals surface area contributed by atoms with E-state index in [1.54, 1.807) is 0 Å². The zero-order valence-corrected chi connectivity index (χ0v) is 11.8. The summed E-state index contributed by atoms with van der Waals surface area (Å²) >= 11 is 0. The molecule has 1 aromatic rings. The zero-order chi connectivity index (χ0) is 13.5. The van der Waals surface area contributed by atoms with Crippen LogP contribution in [0.5, 0.6) is 0 Å². The van der Waals surface area contributed by atoms with E-state index in [0.717, 1.165) is 38.9 Å². The Labute approximate surface area is 116 Å². The van der Waals surface area contributed by atoms with Crippen LogP contribution in [0.4, 0.5) is 0 Å². The summed E-state index contributed by atoms with van der Waals surface area (Å²) in [6, 6.07) is 10.3. The van der Waals surface area contributed by atoms with Crippen LogP contribution in [0.1, 0.15) is 31.7 Å². The highest BCUT2D eigenvalue weighted by Gasteiger charge is 2.21. The fraction of sp³-hybridized carbons (Fsp3) is 0.562. The number of benzene rings is 1. The van der Waals surface area contributed by atoms with Crippen molar-refractivity contribution in [2.75, 3.05) is 19.6 Å². The van der Waals surface area contributed by atoms with Gasteiger partial charge in [0.2, 0.25) is 5.91 Å². The van der Waals surface area contributed by atoms with Crippen molar-refractivity contribution in [1.29, 1.82) is 0 Å². The number of nitrogens with zero attached hydrogens (tertiary/aromatic N) is 1. The van der Waals surface area contributed by atoms with Crippen LogP contribution in [-0.4, -0.2) is 36.5 Å². The fourth-order valence-electron chi connectivity index (χ4n) is 2.55. The molecule has 3 nitrogen and oxygen atoms in total. The first-order chi connectivity index (χ1) is 9.27. The van der Waals surface area contributed by atoms with Crippen LogP contribution in [0.3, 0.4) is 0 Å². The van der Waals surface area contributed by atoms with Crippen LogP contribution in [0.2, 0.25) is 0 Å². The van der Waals surface area contributed by atoms with Gasteiger partial charge in [0.15, 0.2) is 0 Å². The van der Waals surface area contributed by atoms with Crippen LogP contribution >= 0.6 is 0 Å². The number of hydrogen-bond donors (Lipinski definition) is 1. The molecule has 104 valence electrons. The summed E-state index contributed by atoms with van der Waals surface area (Å²) in [5.41, 5.74) is 1.31. The zero-order valence-electron chi connectivity index (χ0n) is 11.8. The van der Waals surface area contributed by atoms with Crippen molar-refractivity contribution in [2.45, 2.75) is 38.6 Å². The lowest BCUT2D eigenvalue weighted by molar-refractivity contribution is -0.133. The summed E-state index contributed by atoms with van der Waals surface area (Å²) in [6.07, 6.45) is 4.54. The molecule has 0 radical (unpaired) electrons. The summed E-state index contributed by atoms with van der Waals surface area (Å²) < 4.78 is 0. The van der Waals surface area contributed by atoms with Crippen LogP contribution in [0.15, 0.2) is 30.3 Å². The minimum Gasteiger partial charge on any atom is -0.341 e. The van der Waals surface area contributed by atoms with E-state index in [2.05, 4.69) is 29.6 Å². The molecule has 1 unspecified atom stereocenters. The van der Waals surface area contributed by atoms with E-state index >= 15 is 0 Å². The third-order valence-corrected chi connectivity index (χ3v) is 3.75. The number of carbonyl (C=O) groups excluding carboxylic acids is 1. The Morgan fingerprint density at radius 1 is 1.21 bits per heavy atom. The van der Waals surface area contributed by atoms with E-state index in [0.29, 0.717) is 0 Å². The van der Waals surface area contributed by atoms with Crippen molar-refractivity contribution < 1.29 is 4.79 Å². The van der Waals surface area contributed by atoms with Crippen molar-refractivity contribution >= 4 is 5.91 Å². The van der Waals surface area contributed by atoms with Crippen molar-refractivity contribution in [3.63, 3.8) is 0 Å².